The first-order chi connectivity index (χ1) is 8.65. The minimum Gasteiger partial charge on any atom is -0.497 e. The van der Waals surface area contributed by atoms with Crippen molar-refractivity contribution in [3.05, 3.63) is 29.8 Å². The fourth-order valence-corrected chi connectivity index (χ4v) is 1.91. The molecule has 0 saturated carbocycles. The van der Waals surface area contributed by atoms with Gasteiger partial charge in [-0.05, 0) is 30.0 Å². The van der Waals surface area contributed by atoms with Crippen molar-refractivity contribution in [1.29, 1.82) is 0 Å². The Kier molecular flexibility index (Phi) is 6.44. The molecule has 100 valence electrons. The average Bonchev–Trinajstić information content (AvgIpc) is 2.37. The lowest BCUT2D eigenvalue weighted by molar-refractivity contribution is -0.120. The number of hydrogen-bond donors (Lipinski definition) is 0. The van der Waals surface area contributed by atoms with Crippen LogP contribution in [0.2, 0.25) is 0 Å². The quantitative estimate of drug-likeness (QED) is 0.711. The van der Waals surface area contributed by atoms with Gasteiger partial charge in [-0.25, -0.2) is 0 Å². The highest BCUT2D eigenvalue weighted by Crippen LogP contribution is 2.13. The predicted molar refractivity (Wildman–Crippen MR) is 72.0 cm³/mol. The summed E-state index contributed by atoms with van der Waals surface area (Å²) in [5.74, 6) is 1.45. The van der Waals surface area contributed by atoms with Crippen LogP contribution in [-0.4, -0.2) is 26.6 Å². The van der Waals surface area contributed by atoms with Crippen LogP contribution in [0, 0.1) is 5.92 Å². The molecule has 0 amide bonds. The normalized spacial score (nSPS) is 12.2. The van der Waals surface area contributed by atoms with Crippen LogP contribution >= 0.6 is 0 Å². The number of carbonyl (C=O) groups excluding carboxylic acids is 1. The fourth-order valence-electron chi connectivity index (χ4n) is 1.91. The molecular weight excluding hydrogens is 228 g/mol. The van der Waals surface area contributed by atoms with Crippen molar-refractivity contribution in [3.8, 4) is 5.75 Å². The predicted octanol–water partition coefficient (Wildman–Crippen LogP) is 2.87. The van der Waals surface area contributed by atoms with Gasteiger partial charge in [-0.3, -0.25) is 4.79 Å². The van der Waals surface area contributed by atoms with Gasteiger partial charge in [0.05, 0.1) is 7.11 Å². The van der Waals surface area contributed by atoms with Crippen LogP contribution in [0.5, 0.6) is 5.75 Å². The number of carbonyl (C=O) groups is 1. The number of aryl methyl sites for hydroxylation is 1. The second kappa shape index (κ2) is 7.88. The van der Waals surface area contributed by atoms with Gasteiger partial charge in [0.1, 0.15) is 11.5 Å². The maximum Gasteiger partial charge on any atom is 0.133 e. The zero-order valence-corrected chi connectivity index (χ0v) is 11.4. The van der Waals surface area contributed by atoms with Crippen molar-refractivity contribution in [1.82, 2.24) is 0 Å². The minimum atomic E-state index is 0.301. The first kappa shape index (κ1) is 14.7. The van der Waals surface area contributed by atoms with Crippen LogP contribution in [0.25, 0.3) is 0 Å². The Balaban J connectivity index is 2.33. The number of hydrogen-bond acceptors (Lipinski definition) is 3. The largest absolute Gasteiger partial charge is 0.497 e. The van der Waals surface area contributed by atoms with Gasteiger partial charge in [0, 0.05) is 26.6 Å². The summed E-state index contributed by atoms with van der Waals surface area (Å²) >= 11 is 0. The molecule has 1 unspecified atom stereocenters. The summed E-state index contributed by atoms with van der Waals surface area (Å²) < 4.78 is 10.1. The molecule has 0 aliphatic carbocycles. The van der Waals surface area contributed by atoms with Crippen molar-refractivity contribution in [2.24, 2.45) is 5.92 Å². The number of benzene rings is 1. The SMILES string of the molecule is COCC(C)CC(=O)CCc1ccc(OC)cc1. The van der Waals surface area contributed by atoms with E-state index in [1.165, 1.54) is 5.56 Å². The highest BCUT2D eigenvalue weighted by Gasteiger charge is 2.09. The lowest BCUT2D eigenvalue weighted by atomic mass is 10.0. The summed E-state index contributed by atoms with van der Waals surface area (Å²) in [6.07, 6.45) is 1.99. The van der Waals surface area contributed by atoms with Crippen LogP contribution in [0.4, 0.5) is 0 Å². The van der Waals surface area contributed by atoms with Gasteiger partial charge >= 0.3 is 0 Å². The van der Waals surface area contributed by atoms with E-state index >= 15 is 0 Å². The smallest absolute Gasteiger partial charge is 0.133 e. The van der Waals surface area contributed by atoms with Crippen LogP contribution in [0.15, 0.2) is 24.3 Å². The summed E-state index contributed by atoms with van der Waals surface area (Å²) in [4.78, 5) is 11.7. The molecule has 0 bridgehead atoms. The molecule has 0 aliphatic rings. The van der Waals surface area contributed by atoms with E-state index < -0.39 is 0 Å². The topological polar surface area (TPSA) is 35.5 Å². The van der Waals surface area contributed by atoms with E-state index in [0.717, 1.165) is 12.2 Å². The van der Waals surface area contributed by atoms with Gasteiger partial charge in [0.15, 0.2) is 0 Å². The summed E-state index contributed by atoms with van der Waals surface area (Å²) in [6.45, 7) is 2.68. The first-order valence-corrected chi connectivity index (χ1v) is 6.29. The molecule has 1 aromatic carbocycles. The van der Waals surface area contributed by atoms with Gasteiger partial charge in [-0.1, -0.05) is 19.1 Å². The molecule has 18 heavy (non-hydrogen) atoms. The summed E-state index contributed by atoms with van der Waals surface area (Å²) in [7, 11) is 3.31. The molecule has 1 atom stereocenters. The maximum atomic E-state index is 11.7. The third kappa shape index (κ3) is 5.32. The molecule has 0 fully saturated rings. The van der Waals surface area contributed by atoms with Crippen LogP contribution in [0.1, 0.15) is 25.3 Å². The minimum absolute atomic E-state index is 0.301. The highest BCUT2D eigenvalue weighted by atomic mass is 16.5. The number of ether oxygens (including phenoxy) is 2. The molecule has 1 rings (SSSR count). The van der Waals surface area contributed by atoms with E-state index in [1.54, 1.807) is 14.2 Å². The molecule has 0 spiro atoms. The van der Waals surface area contributed by atoms with E-state index in [1.807, 2.05) is 31.2 Å². The van der Waals surface area contributed by atoms with E-state index in [9.17, 15) is 4.79 Å². The second-order valence-electron chi connectivity index (χ2n) is 4.65. The summed E-state index contributed by atoms with van der Waals surface area (Å²) in [5, 5.41) is 0. The lowest BCUT2D eigenvalue weighted by Gasteiger charge is -2.09. The van der Waals surface area contributed by atoms with Crippen molar-refractivity contribution in [2.45, 2.75) is 26.2 Å². The highest BCUT2D eigenvalue weighted by molar-refractivity contribution is 5.78. The molecule has 0 saturated heterocycles. The Labute approximate surface area is 109 Å². The van der Waals surface area contributed by atoms with E-state index in [2.05, 4.69) is 0 Å². The monoisotopic (exact) mass is 250 g/mol. The zero-order chi connectivity index (χ0) is 13.4. The van der Waals surface area contributed by atoms with E-state index in [4.69, 9.17) is 9.47 Å². The van der Waals surface area contributed by atoms with Gasteiger partial charge in [-0.2, -0.15) is 0 Å². The Morgan fingerprint density at radius 2 is 1.89 bits per heavy atom. The molecule has 0 aliphatic heterocycles. The Morgan fingerprint density at radius 3 is 2.44 bits per heavy atom. The van der Waals surface area contributed by atoms with Crippen LogP contribution < -0.4 is 4.74 Å². The van der Waals surface area contributed by atoms with Crippen molar-refractivity contribution in [3.63, 3.8) is 0 Å². The third-order valence-electron chi connectivity index (χ3n) is 2.88. The van der Waals surface area contributed by atoms with Gasteiger partial charge in [0.2, 0.25) is 0 Å². The Bertz CT molecular complexity index is 357. The fraction of sp³-hybridized carbons (Fsp3) is 0.533. The van der Waals surface area contributed by atoms with Crippen molar-refractivity contribution < 1.29 is 14.3 Å². The second-order valence-corrected chi connectivity index (χ2v) is 4.65. The number of Topliss-reactive ketones (excluding diaryl/α,β-unsaturated/α-hetero) is 1. The summed E-state index contributed by atoms with van der Waals surface area (Å²) in [6, 6.07) is 7.86. The Hall–Kier alpha value is -1.35. The molecule has 0 aromatic heterocycles. The van der Waals surface area contributed by atoms with E-state index in [-0.39, 0.29) is 0 Å². The molecular formula is C15H22O3. The number of methoxy groups -OCH3 is 2. The lowest BCUT2D eigenvalue weighted by Crippen LogP contribution is -2.11. The Morgan fingerprint density at radius 1 is 1.22 bits per heavy atom. The molecule has 3 heteroatoms. The van der Waals surface area contributed by atoms with Gasteiger partial charge in [-0.15, -0.1) is 0 Å². The summed E-state index contributed by atoms with van der Waals surface area (Å²) in [5.41, 5.74) is 1.17. The molecule has 0 radical (unpaired) electrons. The molecule has 0 heterocycles. The van der Waals surface area contributed by atoms with Crippen LogP contribution in [-0.2, 0) is 16.0 Å². The van der Waals surface area contributed by atoms with Crippen molar-refractivity contribution in [2.75, 3.05) is 20.8 Å². The number of rotatable bonds is 8. The zero-order valence-electron chi connectivity index (χ0n) is 11.4. The standard InChI is InChI=1S/C15H22O3/c1-12(11-17-2)10-14(16)7-4-13-5-8-15(18-3)9-6-13/h5-6,8-9,12H,4,7,10-11H2,1-3H3. The molecule has 0 N–H and O–H groups in total. The van der Waals surface area contributed by atoms with Crippen LogP contribution in [0.3, 0.4) is 0 Å². The van der Waals surface area contributed by atoms with Gasteiger partial charge < -0.3 is 9.47 Å². The maximum absolute atomic E-state index is 11.7. The average molecular weight is 250 g/mol. The molecule has 1 aromatic rings. The van der Waals surface area contributed by atoms with E-state index in [0.29, 0.717) is 31.1 Å². The van der Waals surface area contributed by atoms with Gasteiger partial charge in [0.25, 0.3) is 0 Å². The number of ketones is 1. The van der Waals surface area contributed by atoms with Crippen molar-refractivity contribution >= 4 is 5.78 Å². The molecule has 3 nitrogen and oxygen atoms in total. The third-order valence-corrected chi connectivity index (χ3v) is 2.88. The first-order valence-electron chi connectivity index (χ1n) is 6.29.